The number of hydrogen-bond donors (Lipinski definition) is 4. The number of rotatable bonds is 13. The molecule has 3 aromatic rings. The van der Waals surface area contributed by atoms with E-state index in [9.17, 15) is 9.59 Å². The first kappa shape index (κ1) is 36.4. The fraction of sp³-hybridized carbons (Fsp3) is 0.538. The topological polar surface area (TPSA) is 144 Å². The molecule has 0 radical (unpaired) electrons. The maximum absolute atomic E-state index is 13.4. The van der Waals surface area contributed by atoms with Gasteiger partial charge in [0.25, 0.3) is 0 Å². The van der Waals surface area contributed by atoms with E-state index in [0.29, 0.717) is 25.9 Å². The van der Waals surface area contributed by atoms with Crippen molar-refractivity contribution in [2.75, 3.05) is 27.2 Å². The van der Waals surface area contributed by atoms with E-state index in [0.717, 1.165) is 89.4 Å². The Balaban J connectivity index is 1.13. The Bertz CT molecular complexity index is 1790. The highest BCUT2D eigenvalue weighted by molar-refractivity contribution is 5.83. The largest absolute Gasteiger partial charge is 0.459 e. The molecule has 2 amide bonds. The van der Waals surface area contributed by atoms with Crippen molar-refractivity contribution < 1.29 is 18.7 Å². The van der Waals surface area contributed by atoms with Gasteiger partial charge < -0.3 is 39.6 Å². The van der Waals surface area contributed by atoms with Crippen LogP contribution in [0.5, 0.6) is 0 Å². The average Bonchev–Trinajstić information content (AvgIpc) is 3.92. The number of aromatic amines is 2. The number of amides is 2. The molecule has 0 saturated carbocycles. The molecule has 3 atom stereocenters. The van der Waals surface area contributed by atoms with Crippen LogP contribution in [0.4, 0.5) is 0 Å². The van der Waals surface area contributed by atoms with E-state index in [1.54, 1.807) is 6.20 Å². The third-order valence-electron chi connectivity index (χ3n) is 10.2. The monoisotopic (exact) mass is 698 g/mol. The van der Waals surface area contributed by atoms with E-state index >= 15 is 0 Å². The van der Waals surface area contributed by atoms with E-state index < -0.39 is 0 Å². The molecule has 51 heavy (non-hydrogen) atoms. The number of likely N-dealkylation sites (tertiary alicyclic amines) is 1. The number of aromatic nitrogens is 4. The van der Waals surface area contributed by atoms with E-state index in [2.05, 4.69) is 84.5 Å². The first-order chi connectivity index (χ1) is 24.6. The summed E-state index contributed by atoms with van der Waals surface area (Å²) in [6.07, 6.45) is 14.7. The lowest BCUT2D eigenvalue weighted by Crippen LogP contribution is -2.48. The van der Waals surface area contributed by atoms with Crippen LogP contribution in [0.2, 0.25) is 0 Å². The summed E-state index contributed by atoms with van der Waals surface area (Å²) in [5, 5.41) is 6.37. The summed E-state index contributed by atoms with van der Waals surface area (Å²) < 4.78 is 12.9. The normalized spacial score (nSPS) is 19.7. The molecule has 2 aliphatic heterocycles. The first-order valence-electron chi connectivity index (χ1n) is 18.5. The van der Waals surface area contributed by atoms with Gasteiger partial charge in [0.2, 0.25) is 11.8 Å². The van der Waals surface area contributed by atoms with Crippen LogP contribution in [0.1, 0.15) is 95.0 Å². The molecular formula is C39H54N8O4. The zero-order chi connectivity index (χ0) is 36.2. The summed E-state index contributed by atoms with van der Waals surface area (Å²) in [4.78, 5) is 46.7. The lowest BCUT2D eigenvalue weighted by atomic mass is 9.99. The van der Waals surface area contributed by atoms with Crippen molar-refractivity contribution in [3.8, 4) is 11.5 Å². The number of ether oxygens (including phenoxy) is 1. The van der Waals surface area contributed by atoms with Crippen LogP contribution < -0.4 is 10.6 Å². The Kier molecular flexibility index (Phi) is 11.3. The molecule has 0 aromatic carbocycles. The van der Waals surface area contributed by atoms with Gasteiger partial charge in [-0.05, 0) is 87.4 Å². The second-order valence-corrected chi connectivity index (χ2v) is 14.5. The summed E-state index contributed by atoms with van der Waals surface area (Å²) in [7, 11) is 3.68. The van der Waals surface area contributed by atoms with Gasteiger partial charge in [0, 0.05) is 19.5 Å². The van der Waals surface area contributed by atoms with Crippen molar-refractivity contribution in [3.05, 3.63) is 76.7 Å². The highest BCUT2D eigenvalue weighted by Gasteiger charge is 2.36. The highest BCUT2D eigenvalue weighted by Crippen LogP contribution is 2.36. The molecule has 12 nitrogen and oxygen atoms in total. The van der Waals surface area contributed by atoms with Crippen LogP contribution in [0.15, 0.2) is 52.4 Å². The molecule has 5 heterocycles. The molecule has 1 fully saturated rings. The van der Waals surface area contributed by atoms with E-state index in [1.807, 2.05) is 30.1 Å². The van der Waals surface area contributed by atoms with Crippen molar-refractivity contribution in [2.45, 2.75) is 97.8 Å². The van der Waals surface area contributed by atoms with Crippen molar-refractivity contribution >= 4 is 17.6 Å². The third kappa shape index (κ3) is 7.77. The number of furan rings is 1. The summed E-state index contributed by atoms with van der Waals surface area (Å²) in [6, 6.07) is 1.55. The van der Waals surface area contributed by atoms with Crippen LogP contribution in [0, 0.1) is 11.8 Å². The summed E-state index contributed by atoms with van der Waals surface area (Å²) >= 11 is 0. The Morgan fingerprint density at radius 2 is 1.71 bits per heavy atom. The minimum absolute atomic E-state index is 0.0763. The predicted molar refractivity (Wildman–Crippen MR) is 197 cm³/mol. The molecule has 6 rings (SSSR count). The summed E-state index contributed by atoms with van der Waals surface area (Å²) in [6.45, 7) is 12.1. The van der Waals surface area contributed by atoms with Gasteiger partial charge in [-0.1, -0.05) is 40.7 Å². The van der Waals surface area contributed by atoms with Gasteiger partial charge in [-0.25, -0.2) is 9.97 Å². The van der Waals surface area contributed by atoms with Gasteiger partial charge in [0.15, 0.2) is 5.76 Å². The number of imidazole rings is 2. The number of fused-ring (bicyclic) bond motifs is 2. The molecule has 0 bridgehead atoms. The van der Waals surface area contributed by atoms with E-state index in [4.69, 9.17) is 14.1 Å². The average molecular weight is 699 g/mol. The van der Waals surface area contributed by atoms with E-state index in [-0.39, 0.29) is 41.8 Å². The molecule has 3 aromatic heterocycles. The minimum atomic E-state index is -0.239. The molecule has 12 heteroatoms. The van der Waals surface area contributed by atoms with Crippen molar-refractivity contribution in [1.29, 1.82) is 0 Å². The SMILES string of the molecule is CCCN(Cc1ncc(C2=CC/C3=C/Cc4oc(-c5cnc(C6CCCN6C(=O)[C@@H](NC)C(C)C)[nH]5)cc4CC=C3O2)[nH]1)C(=O)C(NC)C(C)C. The summed E-state index contributed by atoms with van der Waals surface area (Å²) in [5.74, 6) is 5.34. The van der Waals surface area contributed by atoms with Crippen LogP contribution in [0.3, 0.4) is 0 Å². The van der Waals surface area contributed by atoms with Crippen LogP contribution in [-0.4, -0.2) is 80.8 Å². The Labute approximate surface area is 301 Å². The van der Waals surface area contributed by atoms with Crippen LogP contribution in [0.25, 0.3) is 17.2 Å². The van der Waals surface area contributed by atoms with Gasteiger partial charge >= 0.3 is 0 Å². The molecule has 274 valence electrons. The van der Waals surface area contributed by atoms with Gasteiger partial charge in [-0.15, -0.1) is 0 Å². The zero-order valence-corrected chi connectivity index (χ0v) is 31.1. The Hall–Kier alpha value is -4.42. The summed E-state index contributed by atoms with van der Waals surface area (Å²) in [5.41, 5.74) is 3.81. The second kappa shape index (κ2) is 15.9. The van der Waals surface area contributed by atoms with Crippen LogP contribution >= 0.6 is 0 Å². The highest BCUT2D eigenvalue weighted by atomic mass is 16.5. The predicted octanol–water partition coefficient (Wildman–Crippen LogP) is 5.65. The number of nitrogens with one attached hydrogen (secondary N) is 4. The number of nitrogens with zero attached hydrogens (tertiary/aromatic N) is 4. The fourth-order valence-corrected chi connectivity index (χ4v) is 7.50. The second-order valence-electron chi connectivity index (χ2n) is 14.5. The number of allylic oxidation sites excluding steroid dienone is 4. The standard InChI is InChI=1S/C39H54N8O4/c1-8-17-46(38(48)35(40-6)23(2)3)22-34-42-20-27(44-34)32-16-12-25-11-14-31-26(13-15-30(25)50-32)19-33(51-31)28-21-43-37(45-28)29-10-9-18-47(29)39(49)36(41-7)24(4)5/h11,15-16,19-21,23-24,29,35-36,40-41H,8-10,12-14,17-18,22H2,1-7H3,(H,42,44)(H,43,45)/b25-11-,30-15?/t29?,35?,36-/m0/s1. The maximum Gasteiger partial charge on any atom is 0.240 e. The smallest absolute Gasteiger partial charge is 0.240 e. The molecule has 0 spiro atoms. The third-order valence-corrected chi connectivity index (χ3v) is 10.2. The maximum atomic E-state index is 13.4. The van der Waals surface area contributed by atoms with Gasteiger partial charge in [-0.3, -0.25) is 9.59 Å². The zero-order valence-electron chi connectivity index (χ0n) is 31.1. The molecular weight excluding hydrogens is 644 g/mol. The number of likely N-dealkylation sites (N-methyl/N-ethyl adjacent to an activating group) is 2. The number of hydrogen-bond acceptors (Lipinski definition) is 8. The molecule has 1 aliphatic carbocycles. The molecule has 4 N–H and O–H groups in total. The molecule has 2 unspecified atom stereocenters. The molecule has 1 saturated heterocycles. The number of H-pyrrole nitrogens is 2. The van der Waals surface area contributed by atoms with Crippen LogP contribution in [-0.2, 0) is 33.7 Å². The van der Waals surface area contributed by atoms with E-state index in [1.165, 1.54) is 0 Å². The lowest BCUT2D eigenvalue weighted by molar-refractivity contribution is -0.136. The molecule has 3 aliphatic rings. The lowest BCUT2D eigenvalue weighted by Gasteiger charge is -2.29. The minimum Gasteiger partial charge on any atom is -0.459 e. The van der Waals surface area contributed by atoms with Gasteiger partial charge in [-0.2, -0.15) is 0 Å². The van der Waals surface area contributed by atoms with Gasteiger partial charge in [0.1, 0.15) is 40.3 Å². The van der Waals surface area contributed by atoms with Gasteiger partial charge in [0.05, 0.1) is 37.1 Å². The Morgan fingerprint density at radius 1 is 0.961 bits per heavy atom. The first-order valence-corrected chi connectivity index (χ1v) is 18.5. The quantitative estimate of drug-likeness (QED) is 0.179. The fourth-order valence-electron chi connectivity index (χ4n) is 7.50. The van der Waals surface area contributed by atoms with Crippen molar-refractivity contribution in [1.82, 2.24) is 40.4 Å². The Morgan fingerprint density at radius 3 is 2.43 bits per heavy atom. The van der Waals surface area contributed by atoms with Crippen molar-refractivity contribution in [3.63, 3.8) is 0 Å². The van der Waals surface area contributed by atoms with Crippen molar-refractivity contribution in [2.24, 2.45) is 11.8 Å². The number of carbonyl (C=O) groups is 2. The number of carbonyl (C=O) groups excluding carboxylic acids is 2.